The monoisotopic (exact) mass is 243 g/mol. The topological polar surface area (TPSA) is 29.9 Å². The van der Waals surface area contributed by atoms with Crippen molar-refractivity contribution in [1.82, 2.24) is 14.9 Å². The van der Waals surface area contributed by atoms with E-state index in [0.29, 0.717) is 6.04 Å². The summed E-state index contributed by atoms with van der Waals surface area (Å²) >= 11 is 0. The van der Waals surface area contributed by atoms with Gasteiger partial charge < -0.3 is 9.88 Å². The number of hydrogen-bond acceptors (Lipinski definition) is 2. The first kappa shape index (κ1) is 11.7. The summed E-state index contributed by atoms with van der Waals surface area (Å²) in [4.78, 5) is 4.84. The van der Waals surface area contributed by atoms with Crippen molar-refractivity contribution < 1.29 is 0 Å². The van der Waals surface area contributed by atoms with Crippen LogP contribution in [0.5, 0.6) is 0 Å². The molecule has 1 aromatic heterocycles. The van der Waals surface area contributed by atoms with Gasteiger partial charge in [-0.15, -0.1) is 0 Å². The Morgan fingerprint density at radius 1 is 1.28 bits per heavy atom. The fourth-order valence-electron chi connectivity index (χ4n) is 3.00. The van der Waals surface area contributed by atoms with Crippen LogP contribution in [0, 0.1) is 13.8 Å². The van der Waals surface area contributed by atoms with Crippen molar-refractivity contribution in [2.24, 2.45) is 7.05 Å². The van der Waals surface area contributed by atoms with Crippen LogP contribution < -0.4 is 5.32 Å². The third-order valence-electron chi connectivity index (χ3n) is 4.22. The quantitative estimate of drug-likeness (QED) is 0.834. The molecule has 0 aliphatic carbocycles. The zero-order chi connectivity index (χ0) is 12.7. The molecule has 3 nitrogen and oxygen atoms in total. The molecular weight excluding hydrogens is 222 g/mol. The molecule has 3 rings (SSSR count). The molecule has 18 heavy (non-hydrogen) atoms. The Kier molecular flexibility index (Phi) is 2.86. The number of fused-ring (bicyclic) bond motifs is 1. The minimum absolute atomic E-state index is 0.427. The highest BCUT2D eigenvalue weighted by molar-refractivity contribution is 5.80. The lowest BCUT2D eigenvalue weighted by Gasteiger charge is -2.23. The SMILES string of the molecule is Cc1ccc2nc(C3CCCCN3)n(C)c2c1C. The molecule has 1 aliphatic rings. The summed E-state index contributed by atoms with van der Waals surface area (Å²) in [6.07, 6.45) is 3.80. The molecule has 2 aromatic rings. The van der Waals surface area contributed by atoms with Gasteiger partial charge >= 0.3 is 0 Å². The van der Waals surface area contributed by atoms with E-state index in [1.807, 2.05) is 0 Å². The van der Waals surface area contributed by atoms with Gasteiger partial charge in [0.1, 0.15) is 5.82 Å². The van der Waals surface area contributed by atoms with E-state index in [2.05, 4.69) is 42.9 Å². The van der Waals surface area contributed by atoms with Crippen LogP contribution in [-0.4, -0.2) is 16.1 Å². The number of nitrogens with zero attached hydrogens (tertiary/aromatic N) is 2. The maximum Gasteiger partial charge on any atom is 0.126 e. The number of piperidine rings is 1. The van der Waals surface area contributed by atoms with Gasteiger partial charge in [0.25, 0.3) is 0 Å². The molecule has 1 saturated heterocycles. The Labute approximate surface area is 108 Å². The lowest BCUT2D eigenvalue weighted by atomic mass is 10.0. The molecule has 1 aromatic carbocycles. The van der Waals surface area contributed by atoms with Crippen LogP contribution in [0.1, 0.15) is 42.3 Å². The summed E-state index contributed by atoms with van der Waals surface area (Å²) < 4.78 is 2.28. The van der Waals surface area contributed by atoms with E-state index in [9.17, 15) is 0 Å². The van der Waals surface area contributed by atoms with E-state index < -0.39 is 0 Å². The Bertz CT molecular complexity index is 577. The predicted octanol–water partition coefficient (Wildman–Crippen LogP) is 3.00. The first-order valence-electron chi connectivity index (χ1n) is 6.84. The molecule has 0 radical (unpaired) electrons. The first-order chi connectivity index (χ1) is 8.68. The molecule has 0 saturated carbocycles. The van der Waals surface area contributed by atoms with E-state index in [1.165, 1.54) is 41.7 Å². The lowest BCUT2D eigenvalue weighted by Crippen LogP contribution is -2.28. The molecule has 96 valence electrons. The average Bonchev–Trinajstić information content (AvgIpc) is 2.73. The largest absolute Gasteiger partial charge is 0.330 e. The number of rotatable bonds is 1. The van der Waals surface area contributed by atoms with E-state index in [4.69, 9.17) is 4.98 Å². The summed E-state index contributed by atoms with van der Waals surface area (Å²) in [5, 5.41) is 3.59. The summed E-state index contributed by atoms with van der Waals surface area (Å²) in [6.45, 7) is 5.48. The maximum atomic E-state index is 4.84. The van der Waals surface area contributed by atoms with Crippen LogP contribution in [0.25, 0.3) is 11.0 Å². The fraction of sp³-hybridized carbons (Fsp3) is 0.533. The summed E-state index contributed by atoms with van der Waals surface area (Å²) in [5.74, 6) is 1.19. The van der Waals surface area contributed by atoms with Gasteiger partial charge in [-0.2, -0.15) is 0 Å². The molecule has 1 atom stereocenters. The van der Waals surface area contributed by atoms with Crippen molar-refractivity contribution in [2.45, 2.75) is 39.2 Å². The van der Waals surface area contributed by atoms with Crippen molar-refractivity contribution in [3.63, 3.8) is 0 Å². The van der Waals surface area contributed by atoms with Gasteiger partial charge in [0.05, 0.1) is 17.1 Å². The predicted molar refractivity (Wildman–Crippen MR) is 74.8 cm³/mol. The Morgan fingerprint density at radius 2 is 2.11 bits per heavy atom. The normalized spacial score (nSPS) is 20.5. The second-order valence-electron chi connectivity index (χ2n) is 5.41. The standard InChI is InChI=1S/C15H21N3/c1-10-7-8-12-14(11(10)2)18(3)15(17-12)13-6-4-5-9-16-13/h7-8,13,16H,4-6,9H2,1-3H3. The van der Waals surface area contributed by atoms with Crippen LogP contribution in [0.4, 0.5) is 0 Å². The molecule has 2 heterocycles. The van der Waals surface area contributed by atoms with Crippen LogP contribution in [0.15, 0.2) is 12.1 Å². The Morgan fingerprint density at radius 3 is 2.83 bits per heavy atom. The second kappa shape index (κ2) is 4.39. The van der Waals surface area contributed by atoms with Crippen LogP contribution in [0.3, 0.4) is 0 Å². The zero-order valence-electron chi connectivity index (χ0n) is 11.5. The van der Waals surface area contributed by atoms with Gasteiger partial charge in [-0.25, -0.2) is 4.98 Å². The average molecular weight is 243 g/mol. The first-order valence-corrected chi connectivity index (χ1v) is 6.84. The molecule has 1 unspecified atom stereocenters. The molecule has 0 amide bonds. The molecule has 0 spiro atoms. The lowest BCUT2D eigenvalue weighted by molar-refractivity contribution is 0.392. The van der Waals surface area contributed by atoms with Gasteiger partial charge in [-0.3, -0.25) is 0 Å². The third-order valence-corrected chi connectivity index (χ3v) is 4.22. The minimum Gasteiger partial charge on any atom is -0.330 e. The number of imidazole rings is 1. The number of aromatic nitrogens is 2. The number of benzene rings is 1. The van der Waals surface area contributed by atoms with Crippen molar-refractivity contribution in [2.75, 3.05) is 6.54 Å². The van der Waals surface area contributed by atoms with Gasteiger partial charge in [0.15, 0.2) is 0 Å². The van der Waals surface area contributed by atoms with Crippen molar-refractivity contribution in [3.05, 3.63) is 29.1 Å². The third kappa shape index (κ3) is 1.74. The highest BCUT2D eigenvalue weighted by atomic mass is 15.1. The highest BCUT2D eigenvalue weighted by Crippen LogP contribution is 2.28. The zero-order valence-corrected chi connectivity index (χ0v) is 11.5. The summed E-state index contributed by atoms with van der Waals surface area (Å²) in [6, 6.07) is 4.74. The van der Waals surface area contributed by atoms with E-state index in [-0.39, 0.29) is 0 Å². The van der Waals surface area contributed by atoms with Crippen LogP contribution in [-0.2, 0) is 7.05 Å². The smallest absolute Gasteiger partial charge is 0.126 e. The number of hydrogen-bond donors (Lipinski definition) is 1. The van der Waals surface area contributed by atoms with Crippen LogP contribution in [0.2, 0.25) is 0 Å². The van der Waals surface area contributed by atoms with E-state index >= 15 is 0 Å². The number of aryl methyl sites for hydroxylation is 3. The maximum absolute atomic E-state index is 4.84. The van der Waals surface area contributed by atoms with Crippen molar-refractivity contribution in [3.8, 4) is 0 Å². The van der Waals surface area contributed by atoms with Gasteiger partial charge in [0, 0.05) is 7.05 Å². The Hall–Kier alpha value is -1.35. The fourth-order valence-corrected chi connectivity index (χ4v) is 3.00. The van der Waals surface area contributed by atoms with Gasteiger partial charge in [0.2, 0.25) is 0 Å². The van der Waals surface area contributed by atoms with Gasteiger partial charge in [-0.05, 0) is 50.4 Å². The second-order valence-corrected chi connectivity index (χ2v) is 5.41. The minimum atomic E-state index is 0.427. The molecule has 1 N–H and O–H groups in total. The molecule has 1 aliphatic heterocycles. The van der Waals surface area contributed by atoms with Crippen molar-refractivity contribution >= 4 is 11.0 Å². The van der Waals surface area contributed by atoms with Crippen molar-refractivity contribution in [1.29, 1.82) is 0 Å². The van der Waals surface area contributed by atoms with Crippen LogP contribution >= 0.6 is 0 Å². The number of nitrogens with one attached hydrogen (secondary N) is 1. The Balaban J connectivity index is 2.13. The summed E-state index contributed by atoms with van der Waals surface area (Å²) in [7, 11) is 2.15. The molecular formula is C15H21N3. The van der Waals surface area contributed by atoms with Gasteiger partial charge in [-0.1, -0.05) is 12.5 Å². The molecule has 1 fully saturated rings. The highest BCUT2D eigenvalue weighted by Gasteiger charge is 2.21. The van der Waals surface area contributed by atoms with E-state index in [0.717, 1.165) is 12.1 Å². The summed E-state index contributed by atoms with van der Waals surface area (Å²) in [5.41, 5.74) is 5.11. The molecule has 3 heteroatoms. The van der Waals surface area contributed by atoms with E-state index in [1.54, 1.807) is 0 Å². The molecule has 0 bridgehead atoms.